The monoisotopic (exact) mass is 220 g/mol. The van der Waals surface area contributed by atoms with Gasteiger partial charge in [-0.1, -0.05) is 17.7 Å². The van der Waals surface area contributed by atoms with Crippen molar-refractivity contribution in [3.63, 3.8) is 0 Å². The molecule has 0 heterocycles. The Hall–Kier alpha value is 0.150. The maximum atomic E-state index is 5.81. The summed E-state index contributed by atoms with van der Waals surface area (Å²) in [5, 5.41) is 0.702. The largest absolute Gasteiger partial charge is 0.142 e. The van der Waals surface area contributed by atoms with Gasteiger partial charge in [0.2, 0.25) is 0 Å². The molecule has 0 saturated carbocycles. The van der Waals surface area contributed by atoms with Gasteiger partial charge in [0, 0.05) is 10.8 Å². The summed E-state index contributed by atoms with van der Waals surface area (Å²) in [6.45, 7) is 0. The second-order valence-electron chi connectivity index (χ2n) is 2.58. The van der Waals surface area contributed by atoms with Crippen LogP contribution in [0.25, 0.3) is 0 Å². The highest BCUT2D eigenvalue weighted by atomic mass is 35.5. The van der Waals surface area contributed by atoms with E-state index in [1.54, 1.807) is 0 Å². The van der Waals surface area contributed by atoms with Crippen LogP contribution in [-0.4, -0.2) is 5.88 Å². The van der Waals surface area contributed by atoms with Crippen LogP contribution in [0, 0.1) is 0 Å². The van der Waals surface area contributed by atoms with Gasteiger partial charge in [-0.05, 0) is 30.5 Å². The molecule has 0 radical (unpaired) electrons. The quantitative estimate of drug-likeness (QED) is 0.582. The minimum atomic E-state index is 0.699. The highest BCUT2D eigenvalue weighted by Gasteiger charge is 1.97. The van der Waals surface area contributed by atoms with Crippen LogP contribution in [-0.2, 0) is 6.42 Å². The zero-order valence-corrected chi connectivity index (χ0v) is 8.96. The molecule has 0 saturated heterocycles. The van der Waals surface area contributed by atoms with Crippen LogP contribution in [0.2, 0.25) is 5.02 Å². The summed E-state index contributed by atoms with van der Waals surface area (Å²) in [4.78, 5) is 0.837. The van der Waals surface area contributed by atoms with E-state index in [9.17, 15) is 0 Å². The Balaban J connectivity index is 2.69. The first kappa shape index (κ1) is 10.2. The molecule has 12 heavy (non-hydrogen) atoms. The first-order valence-corrected chi connectivity index (χ1v) is 5.13. The van der Waals surface area contributed by atoms with Crippen molar-refractivity contribution < 1.29 is 0 Å². The molecule has 0 atom stereocenters. The second kappa shape index (κ2) is 5.00. The van der Waals surface area contributed by atoms with E-state index in [-0.39, 0.29) is 0 Å². The van der Waals surface area contributed by atoms with Crippen LogP contribution in [0.5, 0.6) is 0 Å². The molecule has 0 fully saturated rings. The average molecular weight is 221 g/mol. The van der Waals surface area contributed by atoms with Gasteiger partial charge in [-0.3, -0.25) is 0 Å². The molecule has 0 spiro atoms. The summed E-state index contributed by atoms with van der Waals surface area (Å²) in [6.07, 6.45) is 1.99. The van der Waals surface area contributed by atoms with Crippen molar-refractivity contribution in [3.8, 4) is 0 Å². The van der Waals surface area contributed by atoms with Crippen molar-refractivity contribution in [2.45, 2.75) is 17.7 Å². The standard InChI is InChI=1S/C9H10Cl2S/c10-5-1-2-7-3-4-8(11)9(12)6-7/h3-4,6,12H,1-2,5H2. The number of halogens is 2. The number of benzene rings is 1. The molecule has 0 aliphatic heterocycles. The molecule has 0 amide bonds. The molecule has 0 bridgehead atoms. The maximum Gasteiger partial charge on any atom is 0.0539 e. The number of thiol groups is 1. The van der Waals surface area contributed by atoms with Crippen molar-refractivity contribution in [3.05, 3.63) is 28.8 Å². The predicted molar refractivity (Wildman–Crippen MR) is 57.7 cm³/mol. The summed E-state index contributed by atoms with van der Waals surface area (Å²) in [5.74, 6) is 0.699. The van der Waals surface area contributed by atoms with Crippen LogP contribution < -0.4 is 0 Å². The normalized spacial score (nSPS) is 10.2. The Morgan fingerprint density at radius 2 is 2.08 bits per heavy atom. The lowest BCUT2D eigenvalue weighted by Crippen LogP contribution is -1.86. The van der Waals surface area contributed by atoms with Crippen molar-refractivity contribution in [2.24, 2.45) is 0 Å². The summed E-state index contributed by atoms with van der Waals surface area (Å²) in [7, 11) is 0. The van der Waals surface area contributed by atoms with E-state index in [0.29, 0.717) is 10.9 Å². The minimum absolute atomic E-state index is 0.699. The molecule has 66 valence electrons. The highest BCUT2D eigenvalue weighted by molar-refractivity contribution is 7.80. The van der Waals surface area contributed by atoms with Crippen LogP contribution in [0.1, 0.15) is 12.0 Å². The van der Waals surface area contributed by atoms with E-state index in [4.69, 9.17) is 23.2 Å². The lowest BCUT2D eigenvalue weighted by Gasteiger charge is -2.01. The highest BCUT2D eigenvalue weighted by Crippen LogP contribution is 2.21. The lowest BCUT2D eigenvalue weighted by molar-refractivity contribution is 0.925. The third kappa shape index (κ3) is 2.89. The predicted octanol–water partition coefficient (Wildman–Crippen LogP) is 3.80. The van der Waals surface area contributed by atoms with Crippen molar-refractivity contribution in [1.29, 1.82) is 0 Å². The van der Waals surface area contributed by atoms with Gasteiger partial charge in [-0.25, -0.2) is 0 Å². The second-order valence-corrected chi connectivity index (χ2v) is 3.85. The van der Waals surface area contributed by atoms with Crippen LogP contribution >= 0.6 is 35.8 Å². The first-order chi connectivity index (χ1) is 5.74. The van der Waals surface area contributed by atoms with Crippen LogP contribution in [0.15, 0.2) is 23.1 Å². The molecular formula is C9H10Cl2S. The van der Waals surface area contributed by atoms with Gasteiger partial charge in [-0.15, -0.1) is 24.2 Å². The van der Waals surface area contributed by atoms with E-state index >= 15 is 0 Å². The van der Waals surface area contributed by atoms with Gasteiger partial charge in [0.1, 0.15) is 0 Å². The molecule has 0 aliphatic carbocycles. The third-order valence-electron chi connectivity index (χ3n) is 1.61. The zero-order valence-electron chi connectivity index (χ0n) is 6.56. The SMILES string of the molecule is Sc1cc(CCCCl)ccc1Cl. The number of alkyl halides is 1. The lowest BCUT2D eigenvalue weighted by atomic mass is 10.1. The molecule has 0 aromatic heterocycles. The van der Waals surface area contributed by atoms with Gasteiger partial charge >= 0.3 is 0 Å². The molecule has 0 aliphatic rings. The van der Waals surface area contributed by atoms with Gasteiger partial charge in [0.25, 0.3) is 0 Å². The summed E-state index contributed by atoms with van der Waals surface area (Å²) >= 11 is 15.6. The molecule has 1 aromatic rings. The van der Waals surface area contributed by atoms with Gasteiger partial charge in [0.05, 0.1) is 5.02 Å². The Bertz CT molecular complexity index is 261. The molecule has 0 nitrogen and oxygen atoms in total. The molecule has 1 aromatic carbocycles. The van der Waals surface area contributed by atoms with E-state index in [1.165, 1.54) is 5.56 Å². The number of hydrogen-bond donors (Lipinski definition) is 1. The van der Waals surface area contributed by atoms with Gasteiger partial charge in [0.15, 0.2) is 0 Å². The third-order valence-corrected chi connectivity index (χ3v) is 2.71. The zero-order chi connectivity index (χ0) is 8.97. The van der Waals surface area contributed by atoms with E-state index < -0.39 is 0 Å². The van der Waals surface area contributed by atoms with Gasteiger partial charge < -0.3 is 0 Å². The fourth-order valence-electron chi connectivity index (χ4n) is 0.985. The Labute approximate surface area is 88.3 Å². The number of hydrogen-bond acceptors (Lipinski definition) is 1. The molecule has 0 unspecified atom stereocenters. The fourth-order valence-corrected chi connectivity index (χ4v) is 1.48. The molecule has 0 N–H and O–H groups in total. The molecule has 3 heteroatoms. The Morgan fingerprint density at radius 3 is 2.67 bits per heavy atom. The van der Waals surface area contributed by atoms with Crippen molar-refractivity contribution in [2.75, 3.05) is 5.88 Å². The summed E-state index contributed by atoms with van der Waals surface area (Å²) < 4.78 is 0. The minimum Gasteiger partial charge on any atom is -0.142 e. The van der Waals surface area contributed by atoms with Crippen molar-refractivity contribution in [1.82, 2.24) is 0 Å². The van der Waals surface area contributed by atoms with Crippen LogP contribution in [0.4, 0.5) is 0 Å². The Morgan fingerprint density at radius 1 is 1.33 bits per heavy atom. The topological polar surface area (TPSA) is 0 Å². The van der Waals surface area contributed by atoms with Gasteiger partial charge in [-0.2, -0.15) is 0 Å². The smallest absolute Gasteiger partial charge is 0.0539 e. The Kier molecular flexibility index (Phi) is 4.27. The molecular weight excluding hydrogens is 211 g/mol. The number of rotatable bonds is 3. The van der Waals surface area contributed by atoms with E-state index in [2.05, 4.69) is 12.6 Å². The first-order valence-electron chi connectivity index (χ1n) is 3.77. The molecule has 1 rings (SSSR count). The maximum absolute atomic E-state index is 5.81. The number of aryl methyl sites for hydroxylation is 1. The van der Waals surface area contributed by atoms with Crippen molar-refractivity contribution >= 4 is 35.8 Å². The van der Waals surface area contributed by atoms with E-state index in [1.807, 2.05) is 18.2 Å². The summed E-state index contributed by atoms with van der Waals surface area (Å²) in [6, 6.07) is 5.86. The van der Waals surface area contributed by atoms with E-state index in [0.717, 1.165) is 17.7 Å². The summed E-state index contributed by atoms with van der Waals surface area (Å²) in [5.41, 5.74) is 1.24. The fraction of sp³-hybridized carbons (Fsp3) is 0.333. The average Bonchev–Trinajstić information content (AvgIpc) is 2.07. The van der Waals surface area contributed by atoms with Crippen LogP contribution in [0.3, 0.4) is 0 Å².